The van der Waals surface area contributed by atoms with Gasteiger partial charge in [-0.2, -0.15) is 0 Å². The predicted octanol–water partition coefficient (Wildman–Crippen LogP) is 4.14. The fraction of sp³-hybridized carbons (Fsp3) is 0.333. The molecule has 1 aliphatic rings. The van der Waals surface area contributed by atoms with E-state index >= 15 is 0 Å². The van der Waals surface area contributed by atoms with Crippen molar-refractivity contribution in [2.24, 2.45) is 0 Å². The molecule has 0 N–H and O–H groups in total. The van der Waals surface area contributed by atoms with Gasteiger partial charge in [0, 0.05) is 32.3 Å². The molecule has 2 rings (SSSR count). The van der Waals surface area contributed by atoms with Gasteiger partial charge in [0.05, 0.1) is 5.92 Å². The van der Waals surface area contributed by atoms with Crippen LogP contribution in [-0.4, -0.2) is 9.37 Å². The van der Waals surface area contributed by atoms with Gasteiger partial charge in [-0.15, -0.1) is 0 Å². The van der Waals surface area contributed by atoms with Crippen LogP contribution >= 0.6 is 27.5 Å². The van der Waals surface area contributed by atoms with E-state index < -0.39 is 4.45 Å². The SMILES string of the molecule is O=[N+]([O-])C1(Br)CC=CCC1c1ccc(Cl)cc1. The summed E-state index contributed by atoms with van der Waals surface area (Å²) in [7, 11) is 0. The summed E-state index contributed by atoms with van der Waals surface area (Å²) >= 11 is 9.12. The van der Waals surface area contributed by atoms with Gasteiger partial charge in [0.25, 0.3) is 4.45 Å². The van der Waals surface area contributed by atoms with Crippen LogP contribution in [-0.2, 0) is 0 Å². The maximum absolute atomic E-state index is 11.2. The zero-order chi connectivity index (χ0) is 12.5. The van der Waals surface area contributed by atoms with E-state index in [9.17, 15) is 10.1 Å². The highest BCUT2D eigenvalue weighted by Crippen LogP contribution is 2.44. The minimum absolute atomic E-state index is 0.167. The molecule has 0 fully saturated rings. The third-order valence-corrected chi connectivity index (χ3v) is 4.47. The van der Waals surface area contributed by atoms with Crippen molar-refractivity contribution in [2.45, 2.75) is 23.2 Å². The van der Waals surface area contributed by atoms with Crippen molar-refractivity contribution in [3.05, 3.63) is 57.1 Å². The molecule has 0 heterocycles. The zero-order valence-electron chi connectivity index (χ0n) is 8.98. The van der Waals surface area contributed by atoms with Gasteiger partial charge in [0.1, 0.15) is 0 Å². The second-order valence-corrected chi connectivity index (χ2v) is 5.90. The third-order valence-electron chi connectivity index (χ3n) is 3.05. The number of nitro groups is 1. The Labute approximate surface area is 113 Å². The van der Waals surface area contributed by atoms with Gasteiger partial charge in [-0.3, -0.25) is 10.1 Å². The standard InChI is InChI=1S/C12H11BrClNO2/c13-12(15(16)17)8-2-1-3-11(12)9-4-6-10(14)7-5-9/h1-2,4-7,11H,3,8H2. The van der Waals surface area contributed by atoms with Gasteiger partial charge in [-0.05, 0) is 24.1 Å². The second-order valence-electron chi connectivity index (χ2n) is 4.09. The van der Waals surface area contributed by atoms with Crippen LogP contribution in [0.15, 0.2) is 36.4 Å². The predicted molar refractivity (Wildman–Crippen MR) is 71.2 cm³/mol. The van der Waals surface area contributed by atoms with E-state index in [1.54, 1.807) is 12.1 Å². The zero-order valence-corrected chi connectivity index (χ0v) is 11.3. The summed E-state index contributed by atoms with van der Waals surface area (Å²) in [6.45, 7) is 0. The fourth-order valence-electron chi connectivity index (χ4n) is 2.09. The summed E-state index contributed by atoms with van der Waals surface area (Å²) in [6.07, 6.45) is 4.90. The molecule has 0 saturated carbocycles. The molecule has 0 aliphatic heterocycles. The van der Waals surface area contributed by atoms with Crippen LogP contribution in [0.1, 0.15) is 24.3 Å². The fourth-order valence-corrected chi connectivity index (χ4v) is 2.86. The smallest absolute Gasteiger partial charge is 0.263 e. The largest absolute Gasteiger partial charge is 0.285 e. The maximum atomic E-state index is 11.2. The van der Waals surface area contributed by atoms with Crippen LogP contribution in [0, 0.1) is 10.1 Å². The van der Waals surface area contributed by atoms with Crippen molar-refractivity contribution in [3.8, 4) is 0 Å². The Morgan fingerprint density at radius 2 is 2.00 bits per heavy atom. The summed E-state index contributed by atoms with van der Waals surface area (Å²) in [5, 5.41) is 11.9. The molecular weight excluding hydrogens is 305 g/mol. The number of nitrogens with zero attached hydrogens (tertiary/aromatic N) is 1. The maximum Gasteiger partial charge on any atom is 0.285 e. The van der Waals surface area contributed by atoms with Crippen LogP contribution in [0.3, 0.4) is 0 Å². The first kappa shape index (κ1) is 12.6. The van der Waals surface area contributed by atoms with Crippen molar-refractivity contribution in [1.82, 2.24) is 0 Å². The lowest BCUT2D eigenvalue weighted by atomic mass is 9.83. The second kappa shape index (κ2) is 4.78. The number of hydrogen-bond donors (Lipinski definition) is 0. The van der Waals surface area contributed by atoms with Crippen molar-refractivity contribution < 1.29 is 4.92 Å². The summed E-state index contributed by atoms with van der Waals surface area (Å²) in [5.74, 6) is -0.167. The highest BCUT2D eigenvalue weighted by Gasteiger charge is 2.48. The van der Waals surface area contributed by atoms with Gasteiger partial charge in [0.2, 0.25) is 0 Å². The molecule has 5 heteroatoms. The Morgan fingerprint density at radius 1 is 1.35 bits per heavy atom. The number of rotatable bonds is 2. The minimum atomic E-state index is -1.10. The lowest BCUT2D eigenvalue weighted by molar-refractivity contribution is -0.539. The number of alkyl halides is 1. The topological polar surface area (TPSA) is 43.1 Å². The monoisotopic (exact) mass is 315 g/mol. The summed E-state index contributed by atoms with van der Waals surface area (Å²) in [6, 6.07) is 7.24. The molecule has 0 bridgehead atoms. The van der Waals surface area contributed by atoms with Gasteiger partial charge < -0.3 is 0 Å². The van der Waals surface area contributed by atoms with Gasteiger partial charge in [-0.25, -0.2) is 0 Å². The first-order chi connectivity index (χ1) is 8.04. The van der Waals surface area contributed by atoms with Gasteiger partial charge in [0.15, 0.2) is 0 Å². The van der Waals surface area contributed by atoms with Crippen molar-refractivity contribution in [1.29, 1.82) is 0 Å². The molecule has 0 saturated heterocycles. The van der Waals surface area contributed by atoms with Crippen molar-refractivity contribution >= 4 is 27.5 Å². The summed E-state index contributed by atoms with van der Waals surface area (Å²) in [4.78, 5) is 11.0. The van der Waals surface area contributed by atoms with E-state index in [2.05, 4.69) is 15.9 Å². The quantitative estimate of drug-likeness (QED) is 0.270. The molecule has 90 valence electrons. The molecule has 0 radical (unpaired) electrons. The van der Waals surface area contributed by atoms with E-state index in [1.165, 1.54) is 0 Å². The van der Waals surface area contributed by atoms with E-state index in [0.717, 1.165) is 5.56 Å². The molecule has 2 atom stereocenters. The van der Waals surface area contributed by atoms with E-state index in [-0.39, 0.29) is 10.8 Å². The van der Waals surface area contributed by atoms with Gasteiger partial charge >= 0.3 is 0 Å². The Balaban J connectivity index is 2.38. The number of benzene rings is 1. The number of hydrogen-bond acceptors (Lipinski definition) is 2. The molecule has 17 heavy (non-hydrogen) atoms. The number of allylic oxidation sites excluding steroid dienone is 1. The van der Waals surface area contributed by atoms with E-state index in [4.69, 9.17) is 11.6 Å². The molecule has 3 nitrogen and oxygen atoms in total. The van der Waals surface area contributed by atoms with Crippen molar-refractivity contribution in [2.75, 3.05) is 0 Å². The van der Waals surface area contributed by atoms with Crippen molar-refractivity contribution in [3.63, 3.8) is 0 Å². The van der Waals surface area contributed by atoms with Crippen LogP contribution in [0.2, 0.25) is 5.02 Å². The van der Waals surface area contributed by atoms with Crippen LogP contribution in [0.4, 0.5) is 0 Å². The van der Waals surface area contributed by atoms with Crippen LogP contribution < -0.4 is 0 Å². The summed E-state index contributed by atoms with van der Waals surface area (Å²) < 4.78 is -1.10. The average Bonchev–Trinajstić information content (AvgIpc) is 2.31. The summed E-state index contributed by atoms with van der Waals surface area (Å²) in [5.41, 5.74) is 0.937. The Bertz CT molecular complexity index is 460. The Morgan fingerprint density at radius 3 is 2.59 bits per heavy atom. The van der Waals surface area contributed by atoms with E-state index in [1.807, 2.05) is 24.3 Å². The lowest BCUT2D eigenvalue weighted by Crippen LogP contribution is -2.39. The van der Waals surface area contributed by atoms with E-state index in [0.29, 0.717) is 17.9 Å². The Hall–Kier alpha value is -0.870. The third kappa shape index (κ3) is 2.38. The minimum Gasteiger partial charge on any atom is -0.263 e. The highest BCUT2D eigenvalue weighted by atomic mass is 79.9. The molecule has 2 unspecified atom stereocenters. The molecule has 1 aromatic carbocycles. The average molecular weight is 317 g/mol. The first-order valence-corrected chi connectivity index (χ1v) is 6.45. The molecule has 0 aromatic heterocycles. The first-order valence-electron chi connectivity index (χ1n) is 5.28. The molecule has 1 aromatic rings. The molecular formula is C12H11BrClNO2. The number of halogens is 2. The molecule has 0 amide bonds. The Kier molecular flexibility index (Phi) is 3.54. The van der Waals surface area contributed by atoms with Crippen LogP contribution in [0.25, 0.3) is 0 Å². The normalized spacial score (nSPS) is 28.0. The van der Waals surface area contributed by atoms with Crippen LogP contribution in [0.5, 0.6) is 0 Å². The van der Waals surface area contributed by atoms with Gasteiger partial charge in [-0.1, -0.05) is 35.9 Å². The lowest BCUT2D eigenvalue weighted by Gasteiger charge is -2.29. The highest BCUT2D eigenvalue weighted by molar-refractivity contribution is 9.10. The molecule has 1 aliphatic carbocycles. The molecule has 0 spiro atoms.